The zero-order valence-corrected chi connectivity index (χ0v) is 12.4. The minimum atomic E-state index is 0.241. The molecule has 1 N–H and O–H groups in total. The lowest BCUT2D eigenvalue weighted by molar-refractivity contribution is -0.128. The van der Waals surface area contributed by atoms with E-state index in [0.29, 0.717) is 18.4 Å². The first-order valence-electron chi connectivity index (χ1n) is 7.20. The van der Waals surface area contributed by atoms with Crippen molar-refractivity contribution < 1.29 is 4.79 Å². The Kier molecular flexibility index (Phi) is 6.65. The van der Waals surface area contributed by atoms with E-state index in [-0.39, 0.29) is 5.91 Å². The van der Waals surface area contributed by atoms with Crippen molar-refractivity contribution in [3.8, 4) is 0 Å². The Bertz CT molecular complexity index is 255. The van der Waals surface area contributed by atoms with Crippen molar-refractivity contribution in [3.05, 3.63) is 0 Å². The van der Waals surface area contributed by atoms with Gasteiger partial charge in [0.15, 0.2) is 0 Å². The summed E-state index contributed by atoms with van der Waals surface area (Å²) in [5.41, 5.74) is 0. The molecule has 0 radical (unpaired) electrons. The summed E-state index contributed by atoms with van der Waals surface area (Å²) in [4.78, 5) is 15.7. The Morgan fingerprint density at radius 3 is 2.72 bits per heavy atom. The molecule has 1 amide bonds. The minimum Gasteiger partial charge on any atom is -0.349 e. The monoisotopic (exact) mass is 255 g/mol. The standard InChI is InChI=1S/C14H29N3O/c1-5-15-13-8-10-17(11-12(13)2)9-6-7-14(18)16(3)4/h12-13,15H,5-11H2,1-4H3. The second kappa shape index (κ2) is 7.74. The predicted molar refractivity (Wildman–Crippen MR) is 75.6 cm³/mol. The van der Waals surface area contributed by atoms with Crippen molar-refractivity contribution in [2.75, 3.05) is 40.3 Å². The Hall–Kier alpha value is -0.610. The maximum Gasteiger partial charge on any atom is 0.222 e. The van der Waals surface area contributed by atoms with Gasteiger partial charge in [0.25, 0.3) is 0 Å². The molecule has 4 nitrogen and oxygen atoms in total. The van der Waals surface area contributed by atoms with Crippen molar-refractivity contribution in [3.63, 3.8) is 0 Å². The summed E-state index contributed by atoms with van der Waals surface area (Å²) in [7, 11) is 3.65. The number of hydrogen-bond acceptors (Lipinski definition) is 3. The molecular weight excluding hydrogens is 226 g/mol. The lowest BCUT2D eigenvalue weighted by atomic mass is 9.93. The Balaban J connectivity index is 2.20. The number of carbonyl (C=O) groups excluding carboxylic acids is 1. The van der Waals surface area contributed by atoms with Crippen LogP contribution in [-0.4, -0.2) is 62.0 Å². The van der Waals surface area contributed by atoms with Gasteiger partial charge in [-0.15, -0.1) is 0 Å². The molecule has 4 heteroatoms. The molecule has 0 aliphatic carbocycles. The van der Waals surface area contributed by atoms with Gasteiger partial charge in [-0.3, -0.25) is 4.79 Å². The summed E-state index contributed by atoms with van der Waals surface area (Å²) >= 11 is 0. The Morgan fingerprint density at radius 2 is 2.17 bits per heavy atom. The number of hydrogen-bond donors (Lipinski definition) is 1. The van der Waals surface area contributed by atoms with Crippen LogP contribution in [0.15, 0.2) is 0 Å². The van der Waals surface area contributed by atoms with Crippen LogP contribution in [-0.2, 0) is 4.79 Å². The van der Waals surface area contributed by atoms with Crippen molar-refractivity contribution in [2.45, 2.75) is 39.2 Å². The van der Waals surface area contributed by atoms with Gasteiger partial charge in [-0.25, -0.2) is 0 Å². The fraction of sp³-hybridized carbons (Fsp3) is 0.929. The number of nitrogens with one attached hydrogen (secondary N) is 1. The smallest absolute Gasteiger partial charge is 0.222 e. The molecular formula is C14H29N3O. The van der Waals surface area contributed by atoms with Gasteiger partial charge in [0, 0.05) is 33.1 Å². The summed E-state index contributed by atoms with van der Waals surface area (Å²) in [5.74, 6) is 0.953. The van der Waals surface area contributed by atoms with Gasteiger partial charge >= 0.3 is 0 Å². The lowest BCUT2D eigenvalue weighted by Gasteiger charge is -2.37. The zero-order valence-electron chi connectivity index (χ0n) is 12.4. The van der Waals surface area contributed by atoms with Crippen LogP contribution in [0.3, 0.4) is 0 Å². The third kappa shape index (κ3) is 4.94. The molecule has 0 aromatic carbocycles. The number of carbonyl (C=O) groups is 1. The van der Waals surface area contributed by atoms with Gasteiger partial charge in [0.05, 0.1) is 0 Å². The van der Waals surface area contributed by atoms with Gasteiger partial charge in [-0.2, -0.15) is 0 Å². The molecule has 1 saturated heterocycles. The normalized spacial score (nSPS) is 25.1. The van der Waals surface area contributed by atoms with E-state index in [0.717, 1.165) is 32.6 Å². The molecule has 1 fully saturated rings. The molecule has 0 bridgehead atoms. The van der Waals surface area contributed by atoms with Gasteiger partial charge in [0.2, 0.25) is 5.91 Å². The van der Waals surface area contributed by atoms with Crippen LogP contribution >= 0.6 is 0 Å². The van der Waals surface area contributed by atoms with Crippen molar-refractivity contribution >= 4 is 5.91 Å². The molecule has 1 heterocycles. The minimum absolute atomic E-state index is 0.241. The van der Waals surface area contributed by atoms with E-state index < -0.39 is 0 Å². The zero-order chi connectivity index (χ0) is 13.5. The van der Waals surface area contributed by atoms with Gasteiger partial charge in [0.1, 0.15) is 0 Å². The van der Waals surface area contributed by atoms with E-state index in [1.165, 1.54) is 6.42 Å². The fourth-order valence-electron chi connectivity index (χ4n) is 2.68. The molecule has 1 aliphatic rings. The van der Waals surface area contributed by atoms with Crippen LogP contribution < -0.4 is 5.32 Å². The van der Waals surface area contributed by atoms with Crippen LogP contribution in [0.2, 0.25) is 0 Å². The van der Waals surface area contributed by atoms with Gasteiger partial charge < -0.3 is 15.1 Å². The molecule has 18 heavy (non-hydrogen) atoms. The van der Waals surface area contributed by atoms with Crippen molar-refractivity contribution in [2.24, 2.45) is 5.92 Å². The number of rotatable bonds is 6. The van der Waals surface area contributed by atoms with Crippen molar-refractivity contribution in [1.29, 1.82) is 0 Å². The third-order valence-electron chi connectivity index (χ3n) is 3.82. The summed E-state index contributed by atoms with van der Waals surface area (Å²) in [6.45, 7) is 8.94. The first-order valence-corrected chi connectivity index (χ1v) is 7.20. The maximum atomic E-state index is 11.5. The highest BCUT2D eigenvalue weighted by Crippen LogP contribution is 2.17. The highest BCUT2D eigenvalue weighted by atomic mass is 16.2. The summed E-state index contributed by atoms with van der Waals surface area (Å²) in [6.07, 6.45) is 2.89. The summed E-state index contributed by atoms with van der Waals surface area (Å²) in [5, 5.41) is 3.56. The summed E-state index contributed by atoms with van der Waals surface area (Å²) < 4.78 is 0. The average Bonchev–Trinajstić information content (AvgIpc) is 2.32. The van der Waals surface area contributed by atoms with E-state index in [9.17, 15) is 4.79 Å². The van der Waals surface area contributed by atoms with Crippen LogP contribution in [0.1, 0.15) is 33.1 Å². The molecule has 1 rings (SSSR count). The molecule has 2 atom stereocenters. The molecule has 0 spiro atoms. The van der Waals surface area contributed by atoms with Crippen LogP contribution in [0.5, 0.6) is 0 Å². The second-order valence-electron chi connectivity index (χ2n) is 5.62. The SMILES string of the molecule is CCNC1CCN(CCCC(=O)N(C)C)CC1C. The number of likely N-dealkylation sites (tertiary alicyclic amines) is 1. The van der Waals surface area contributed by atoms with Crippen LogP contribution in [0.4, 0.5) is 0 Å². The molecule has 106 valence electrons. The topological polar surface area (TPSA) is 35.6 Å². The van der Waals surface area contributed by atoms with Gasteiger partial charge in [-0.1, -0.05) is 13.8 Å². The third-order valence-corrected chi connectivity index (χ3v) is 3.82. The number of amides is 1. The highest BCUT2D eigenvalue weighted by molar-refractivity contribution is 5.75. The second-order valence-corrected chi connectivity index (χ2v) is 5.62. The average molecular weight is 255 g/mol. The van der Waals surface area contributed by atoms with E-state index >= 15 is 0 Å². The molecule has 0 aromatic heterocycles. The van der Waals surface area contributed by atoms with E-state index in [1.54, 1.807) is 4.90 Å². The van der Waals surface area contributed by atoms with E-state index in [1.807, 2.05) is 14.1 Å². The van der Waals surface area contributed by atoms with Crippen LogP contribution in [0.25, 0.3) is 0 Å². The molecule has 0 aromatic rings. The van der Waals surface area contributed by atoms with Crippen molar-refractivity contribution in [1.82, 2.24) is 15.1 Å². The molecule has 1 aliphatic heterocycles. The quantitative estimate of drug-likeness (QED) is 0.774. The first kappa shape index (κ1) is 15.4. The number of nitrogens with zero attached hydrogens (tertiary/aromatic N) is 2. The van der Waals surface area contributed by atoms with Crippen LogP contribution in [0, 0.1) is 5.92 Å². The first-order chi connectivity index (χ1) is 8.54. The largest absolute Gasteiger partial charge is 0.349 e. The number of piperidine rings is 1. The fourth-order valence-corrected chi connectivity index (χ4v) is 2.68. The maximum absolute atomic E-state index is 11.5. The lowest BCUT2D eigenvalue weighted by Crippen LogP contribution is -2.48. The predicted octanol–water partition coefficient (Wildman–Crippen LogP) is 1.17. The summed E-state index contributed by atoms with van der Waals surface area (Å²) in [6, 6.07) is 0.676. The van der Waals surface area contributed by atoms with E-state index in [4.69, 9.17) is 0 Å². The Morgan fingerprint density at radius 1 is 1.44 bits per heavy atom. The highest BCUT2D eigenvalue weighted by Gasteiger charge is 2.24. The Labute approximate surface area is 112 Å². The van der Waals surface area contributed by atoms with E-state index in [2.05, 4.69) is 24.1 Å². The molecule has 2 unspecified atom stereocenters. The molecule has 0 saturated carbocycles. The van der Waals surface area contributed by atoms with Gasteiger partial charge in [-0.05, 0) is 38.4 Å².